The normalized spacial score (nSPS) is 11.3. The van der Waals surface area contributed by atoms with Gasteiger partial charge in [0.1, 0.15) is 0 Å². The zero-order chi connectivity index (χ0) is 25.0. The molecule has 0 aromatic carbocycles. The van der Waals surface area contributed by atoms with Crippen molar-refractivity contribution < 1.29 is 36.5 Å². The van der Waals surface area contributed by atoms with Crippen molar-refractivity contribution in [2.24, 2.45) is 5.73 Å². The van der Waals surface area contributed by atoms with Crippen molar-refractivity contribution in [1.82, 2.24) is 5.32 Å². The van der Waals surface area contributed by atoms with Crippen molar-refractivity contribution in [2.75, 3.05) is 47.2 Å². The summed E-state index contributed by atoms with van der Waals surface area (Å²) in [5.41, 5.74) is 5.41. The highest BCUT2D eigenvalue weighted by atomic mass is 28.4. The zero-order valence-electron chi connectivity index (χ0n) is 20.9. The Labute approximate surface area is 195 Å². The average Bonchev–Trinajstić information content (AvgIpc) is 2.75. The highest BCUT2D eigenvalue weighted by Gasteiger charge is 2.39. The minimum absolute atomic E-state index is 0.340. The lowest BCUT2D eigenvalue weighted by Crippen LogP contribution is -2.46. The van der Waals surface area contributed by atoms with Gasteiger partial charge in [-0.3, -0.25) is 0 Å². The molecule has 0 bridgehead atoms. The van der Waals surface area contributed by atoms with Crippen LogP contribution in [0.1, 0.15) is 40.5 Å². The third-order valence-electron chi connectivity index (χ3n) is 4.27. The van der Waals surface area contributed by atoms with Crippen molar-refractivity contribution in [3.05, 3.63) is 12.2 Å². The standard InChI is InChI=1S/C10H24N2O4Si.C10H20O4Si/c1-4-14-17(15-5-2,16-6-3)9-7-8-12-10(11)13;1-9(2)10(11)14-7-6-8-15(5,12-3)13-4/h4-9H2,1-3H3,(H3,11,12,13);1,6-8H2,2-5H3. The molecule has 10 nitrogen and oxygen atoms in total. The Hall–Kier alpha value is -1.29. The Bertz CT molecular complexity index is 517. The van der Waals surface area contributed by atoms with E-state index in [1.165, 1.54) is 0 Å². The summed E-state index contributed by atoms with van der Waals surface area (Å²) in [5.74, 6) is -0.340. The number of esters is 1. The van der Waals surface area contributed by atoms with E-state index < -0.39 is 23.4 Å². The minimum Gasteiger partial charge on any atom is -0.462 e. The Morgan fingerprint density at radius 2 is 1.44 bits per heavy atom. The van der Waals surface area contributed by atoms with Crippen molar-refractivity contribution in [3.63, 3.8) is 0 Å². The number of nitrogens with two attached hydrogens (primary N) is 1. The van der Waals surface area contributed by atoms with E-state index >= 15 is 0 Å². The number of ether oxygens (including phenoxy) is 1. The summed E-state index contributed by atoms with van der Waals surface area (Å²) in [6.07, 6.45) is 1.48. The second kappa shape index (κ2) is 19.2. The summed E-state index contributed by atoms with van der Waals surface area (Å²) in [6.45, 7) is 15.5. The molecule has 0 aliphatic carbocycles. The topological polar surface area (TPSA) is 128 Å². The fraction of sp³-hybridized carbons (Fsp3) is 0.800. The van der Waals surface area contributed by atoms with E-state index in [1.54, 1.807) is 21.1 Å². The summed E-state index contributed by atoms with van der Waals surface area (Å²) in [7, 11) is -1.27. The van der Waals surface area contributed by atoms with Gasteiger partial charge in [0.05, 0.1) is 6.61 Å². The van der Waals surface area contributed by atoms with E-state index in [9.17, 15) is 9.59 Å². The molecule has 190 valence electrons. The van der Waals surface area contributed by atoms with E-state index in [-0.39, 0.29) is 5.97 Å². The van der Waals surface area contributed by atoms with Gasteiger partial charge < -0.3 is 37.9 Å². The first-order valence-corrected chi connectivity index (χ1v) is 15.4. The van der Waals surface area contributed by atoms with Crippen LogP contribution in [0.25, 0.3) is 0 Å². The van der Waals surface area contributed by atoms with Gasteiger partial charge in [0.15, 0.2) is 0 Å². The Morgan fingerprint density at radius 1 is 0.938 bits per heavy atom. The van der Waals surface area contributed by atoms with Crippen LogP contribution in [0.2, 0.25) is 18.6 Å². The van der Waals surface area contributed by atoms with Crippen LogP contribution < -0.4 is 11.1 Å². The van der Waals surface area contributed by atoms with E-state index in [0.29, 0.717) is 44.6 Å². The van der Waals surface area contributed by atoms with Crippen LogP contribution in [-0.4, -0.2) is 76.6 Å². The van der Waals surface area contributed by atoms with Crippen molar-refractivity contribution in [3.8, 4) is 0 Å². The average molecular weight is 497 g/mol. The monoisotopic (exact) mass is 496 g/mol. The van der Waals surface area contributed by atoms with Gasteiger partial charge in [0.2, 0.25) is 0 Å². The number of amides is 2. The third kappa shape index (κ3) is 16.4. The van der Waals surface area contributed by atoms with E-state index in [4.69, 9.17) is 32.6 Å². The van der Waals surface area contributed by atoms with Crippen LogP contribution in [-0.2, 0) is 31.7 Å². The highest BCUT2D eigenvalue weighted by Crippen LogP contribution is 2.17. The minimum atomic E-state index is -2.56. The summed E-state index contributed by atoms with van der Waals surface area (Å²) in [5, 5.41) is 2.54. The molecule has 12 heteroatoms. The van der Waals surface area contributed by atoms with Crippen LogP contribution in [0, 0.1) is 0 Å². The SMILES string of the molecule is C=C(C)C(=O)OCCC[Si](C)(OC)OC.CCO[Si](CCCNC(N)=O)(OCC)OCC. The molecule has 2 amide bonds. The molecule has 0 atom stereocenters. The van der Waals surface area contributed by atoms with E-state index in [0.717, 1.165) is 18.9 Å². The van der Waals surface area contributed by atoms with Gasteiger partial charge in [-0.25, -0.2) is 9.59 Å². The van der Waals surface area contributed by atoms with Gasteiger partial charge >= 0.3 is 29.4 Å². The number of primary amides is 1. The van der Waals surface area contributed by atoms with E-state index in [2.05, 4.69) is 11.9 Å². The Balaban J connectivity index is 0. The molecule has 0 aromatic rings. The molecule has 0 spiro atoms. The number of urea groups is 1. The zero-order valence-corrected chi connectivity index (χ0v) is 22.9. The molecular weight excluding hydrogens is 452 g/mol. The summed E-state index contributed by atoms with van der Waals surface area (Å²) < 4.78 is 32.6. The van der Waals surface area contributed by atoms with Crippen molar-refractivity contribution in [1.29, 1.82) is 0 Å². The molecule has 0 heterocycles. The van der Waals surface area contributed by atoms with Crippen LogP contribution in [0.5, 0.6) is 0 Å². The highest BCUT2D eigenvalue weighted by molar-refractivity contribution is 6.65. The lowest BCUT2D eigenvalue weighted by molar-refractivity contribution is -0.138. The first kappa shape index (κ1) is 32.9. The number of nitrogens with one attached hydrogen (secondary N) is 1. The molecule has 0 aromatic heterocycles. The van der Waals surface area contributed by atoms with Gasteiger partial charge in [0, 0.05) is 52.2 Å². The molecule has 32 heavy (non-hydrogen) atoms. The molecule has 0 unspecified atom stereocenters. The van der Waals surface area contributed by atoms with Crippen LogP contribution in [0.4, 0.5) is 4.79 Å². The van der Waals surface area contributed by atoms with Crippen LogP contribution >= 0.6 is 0 Å². The Kier molecular flexibility index (Phi) is 19.7. The molecule has 0 fully saturated rings. The van der Waals surface area contributed by atoms with Gasteiger partial charge in [-0.15, -0.1) is 0 Å². The lowest BCUT2D eigenvalue weighted by Gasteiger charge is -2.28. The molecular formula is C20H44N2O8Si2. The number of hydrogen-bond donors (Lipinski definition) is 2. The van der Waals surface area contributed by atoms with Crippen molar-refractivity contribution in [2.45, 2.75) is 59.2 Å². The maximum absolute atomic E-state index is 11.0. The molecule has 0 radical (unpaired) electrons. The first-order chi connectivity index (χ1) is 15.0. The van der Waals surface area contributed by atoms with Gasteiger partial charge in [-0.05, 0) is 53.1 Å². The largest absolute Gasteiger partial charge is 0.500 e. The number of hydrogen-bond acceptors (Lipinski definition) is 8. The molecule has 0 rings (SSSR count). The fourth-order valence-electron chi connectivity index (χ4n) is 2.49. The molecule has 0 saturated heterocycles. The number of rotatable bonds is 17. The van der Waals surface area contributed by atoms with Crippen LogP contribution in [0.3, 0.4) is 0 Å². The maximum atomic E-state index is 11.0. The summed E-state index contributed by atoms with van der Waals surface area (Å²) >= 11 is 0. The Morgan fingerprint density at radius 3 is 1.81 bits per heavy atom. The van der Waals surface area contributed by atoms with Gasteiger partial charge in [-0.1, -0.05) is 6.58 Å². The lowest BCUT2D eigenvalue weighted by atomic mass is 10.4. The van der Waals surface area contributed by atoms with Gasteiger partial charge in [0.25, 0.3) is 0 Å². The number of carbonyl (C=O) groups is 2. The van der Waals surface area contributed by atoms with Crippen molar-refractivity contribution >= 4 is 29.4 Å². The van der Waals surface area contributed by atoms with Gasteiger partial charge in [-0.2, -0.15) is 0 Å². The third-order valence-corrected chi connectivity index (χ3v) is 10.4. The first-order valence-electron chi connectivity index (χ1n) is 10.9. The van der Waals surface area contributed by atoms with Crippen LogP contribution in [0.15, 0.2) is 12.2 Å². The summed E-state index contributed by atoms with van der Waals surface area (Å²) in [6, 6.07) is 0.980. The predicted octanol–water partition coefficient (Wildman–Crippen LogP) is 2.95. The second-order valence-corrected chi connectivity index (χ2v) is 13.3. The summed E-state index contributed by atoms with van der Waals surface area (Å²) in [4.78, 5) is 21.6. The van der Waals surface area contributed by atoms with E-state index in [1.807, 2.05) is 27.3 Å². The second-order valence-electron chi connectivity index (χ2n) is 6.94. The molecule has 0 aliphatic rings. The molecule has 0 saturated carbocycles. The number of carbonyl (C=O) groups excluding carboxylic acids is 2. The smallest absolute Gasteiger partial charge is 0.462 e. The maximum Gasteiger partial charge on any atom is 0.500 e. The molecule has 3 N–H and O–H groups in total. The quantitative estimate of drug-likeness (QED) is 0.136. The molecule has 0 aliphatic heterocycles. The predicted molar refractivity (Wildman–Crippen MR) is 128 cm³/mol. The fourth-order valence-corrected chi connectivity index (χ4v) is 6.46.